The fraction of sp³-hybridized carbons (Fsp3) is 0.0769. The van der Waals surface area contributed by atoms with Crippen LogP contribution in [0.5, 0.6) is 0 Å². The number of nitrogens with two attached hydrogens (primary N) is 1. The third kappa shape index (κ3) is 2.68. The van der Waals surface area contributed by atoms with E-state index in [1.165, 1.54) is 0 Å². The second-order valence-electron chi connectivity index (χ2n) is 3.85. The van der Waals surface area contributed by atoms with Crippen molar-refractivity contribution in [2.24, 2.45) is 0 Å². The first kappa shape index (κ1) is 12.6. The monoisotopic (exact) mass is 305 g/mol. The van der Waals surface area contributed by atoms with Gasteiger partial charge in [0.05, 0.1) is 5.56 Å². The van der Waals surface area contributed by atoms with Crippen LogP contribution in [0.4, 0.5) is 11.4 Å². The van der Waals surface area contributed by atoms with Crippen LogP contribution in [0.25, 0.3) is 0 Å². The van der Waals surface area contributed by atoms with Gasteiger partial charge in [-0.15, -0.1) is 0 Å². The van der Waals surface area contributed by atoms with Gasteiger partial charge in [-0.2, -0.15) is 0 Å². The third-order valence-corrected chi connectivity index (χ3v) is 2.97. The van der Waals surface area contributed by atoms with E-state index in [0.717, 1.165) is 10.2 Å². The number of hydrogen-bond acceptors (Lipinski definition) is 3. The Balaban J connectivity index is 2.26. The van der Waals surface area contributed by atoms with Crippen LogP contribution in [-0.2, 0) is 0 Å². The number of halogens is 1. The van der Waals surface area contributed by atoms with Crippen LogP contribution in [0.15, 0.2) is 47.2 Å². The van der Waals surface area contributed by atoms with Crippen LogP contribution in [0, 0.1) is 0 Å². The Hall–Kier alpha value is -1.88. The number of anilines is 2. The molecular formula is C13H12BrN3O. The Labute approximate surface area is 114 Å². The molecule has 2 N–H and O–H groups in total. The predicted molar refractivity (Wildman–Crippen MR) is 75.5 cm³/mol. The molecule has 1 amide bonds. The zero-order valence-corrected chi connectivity index (χ0v) is 11.4. The van der Waals surface area contributed by atoms with Gasteiger partial charge < -0.3 is 10.6 Å². The third-order valence-electron chi connectivity index (χ3n) is 2.54. The smallest absolute Gasteiger partial charge is 0.259 e. The first-order valence-electron chi connectivity index (χ1n) is 5.32. The number of hydrogen-bond donors (Lipinski definition) is 1. The van der Waals surface area contributed by atoms with Crippen molar-refractivity contribution < 1.29 is 4.79 Å². The second-order valence-corrected chi connectivity index (χ2v) is 4.76. The van der Waals surface area contributed by atoms with E-state index < -0.39 is 0 Å². The van der Waals surface area contributed by atoms with Gasteiger partial charge in [0.15, 0.2) is 0 Å². The molecule has 0 aliphatic carbocycles. The minimum Gasteiger partial charge on any atom is -0.399 e. The van der Waals surface area contributed by atoms with Crippen LogP contribution in [0.2, 0.25) is 0 Å². The van der Waals surface area contributed by atoms with Gasteiger partial charge in [0.2, 0.25) is 0 Å². The second kappa shape index (κ2) is 5.18. The van der Waals surface area contributed by atoms with Crippen molar-refractivity contribution >= 4 is 33.2 Å². The molecule has 4 nitrogen and oxygen atoms in total. The number of benzene rings is 1. The van der Waals surface area contributed by atoms with Crippen LogP contribution in [0.3, 0.4) is 0 Å². The highest BCUT2D eigenvalue weighted by molar-refractivity contribution is 9.10. The van der Waals surface area contributed by atoms with Crippen LogP contribution in [0.1, 0.15) is 10.4 Å². The summed E-state index contributed by atoms with van der Waals surface area (Å²) in [5, 5.41) is 0. The van der Waals surface area contributed by atoms with E-state index in [0.29, 0.717) is 11.3 Å². The fourth-order valence-corrected chi connectivity index (χ4v) is 1.90. The van der Waals surface area contributed by atoms with Gasteiger partial charge in [-0.1, -0.05) is 0 Å². The highest BCUT2D eigenvalue weighted by Gasteiger charge is 2.13. The molecule has 0 bridgehead atoms. The Morgan fingerprint density at radius 1 is 1.28 bits per heavy atom. The fourth-order valence-electron chi connectivity index (χ4n) is 1.54. The van der Waals surface area contributed by atoms with Crippen LogP contribution >= 0.6 is 15.9 Å². The van der Waals surface area contributed by atoms with Gasteiger partial charge in [0, 0.05) is 35.3 Å². The Morgan fingerprint density at radius 2 is 1.94 bits per heavy atom. The van der Waals surface area contributed by atoms with Gasteiger partial charge in [0.1, 0.15) is 0 Å². The molecule has 1 aromatic heterocycles. The molecule has 2 aromatic rings. The quantitative estimate of drug-likeness (QED) is 0.868. The van der Waals surface area contributed by atoms with Crippen molar-refractivity contribution in [3.63, 3.8) is 0 Å². The molecule has 0 saturated carbocycles. The van der Waals surface area contributed by atoms with E-state index in [2.05, 4.69) is 20.9 Å². The number of rotatable bonds is 2. The molecule has 2 rings (SSSR count). The molecule has 1 aromatic carbocycles. The lowest BCUT2D eigenvalue weighted by Gasteiger charge is -2.17. The van der Waals surface area contributed by atoms with Gasteiger partial charge >= 0.3 is 0 Å². The van der Waals surface area contributed by atoms with Gasteiger partial charge in [0.25, 0.3) is 5.91 Å². The average Bonchev–Trinajstić information content (AvgIpc) is 2.38. The molecule has 0 aliphatic heterocycles. The van der Waals surface area contributed by atoms with E-state index in [1.54, 1.807) is 54.7 Å². The Bertz CT molecular complexity index is 569. The van der Waals surface area contributed by atoms with Crippen molar-refractivity contribution in [1.29, 1.82) is 0 Å². The van der Waals surface area contributed by atoms with E-state index in [9.17, 15) is 4.79 Å². The minimum atomic E-state index is -0.117. The molecule has 0 unspecified atom stereocenters. The SMILES string of the molecule is CN(C(=O)c1cncc(Br)c1)c1ccc(N)cc1. The molecule has 0 aliphatic rings. The van der Waals surface area contributed by atoms with Crippen molar-refractivity contribution in [3.05, 3.63) is 52.8 Å². The number of pyridine rings is 1. The summed E-state index contributed by atoms with van der Waals surface area (Å²) >= 11 is 3.30. The first-order chi connectivity index (χ1) is 8.58. The molecule has 0 atom stereocenters. The summed E-state index contributed by atoms with van der Waals surface area (Å²) in [4.78, 5) is 17.8. The Kier molecular flexibility index (Phi) is 3.62. The molecule has 92 valence electrons. The molecular weight excluding hydrogens is 294 g/mol. The van der Waals surface area contributed by atoms with Gasteiger partial charge in [-0.3, -0.25) is 9.78 Å². The molecule has 0 saturated heterocycles. The highest BCUT2D eigenvalue weighted by Crippen LogP contribution is 2.18. The molecule has 1 heterocycles. The largest absolute Gasteiger partial charge is 0.399 e. The molecule has 5 heteroatoms. The number of aromatic nitrogens is 1. The van der Waals surface area contributed by atoms with Crippen molar-refractivity contribution in [2.75, 3.05) is 17.7 Å². The van der Waals surface area contributed by atoms with Crippen molar-refractivity contribution in [3.8, 4) is 0 Å². The standard InChI is InChI=1S/C13H12BrN3O/c1-17(12-4-2-11(15)3-5-12)13(18)9-6-10(14)8-16-7-9/h2-8H,15H2,1H3. The number of nitrogens with zero attached hydrogens (tertiary/aromatic N) is 2. The lowest BCUT2D eigenvalue weighted by Crippen LogP contribution is -2.26. The summed E-state index contributed by atoms with van der Waals surface area (Å²) in [5.41, 5.74) is 7.60. The summed E-state index contributed by atoms with van der Waals surface area (Å²) in [6, 6.07) is 8.87. The average molecular weight is 306 g/mol. The number of carbonyl (C=O) groups excluding carboxylic acids is 1. The Morgan fingerprint density at radius 3 is 2.56 bits per heavy atom. The predicted octanol–water partition coefficient (Wildman–Crippen LogP) is 2.70. The van der Waals surface area contributed by atoms with E-state index in [-0.39, 0.29) is 5.91 Å². The molecule has 18 heavy (non-hydrogen) atoms. The summed E-state index contributed by atoms with van der Waals surface area (Å²) in [6.45, 7) is 0. The maximum atomic E-state index is 12.2. The van der Waals surface area contributed by atoms with Crippen LogP contribution in [-0.4, -0.2) is 17.9 Å². The summed E-state index contributed by atoms with van der Waals surface area (Å²) in [5.74, 6) is -0.117. The van der Waals surface area contributed by atoms with E-state index in [4.69, 9.17) is 5.73 Å². The normalized spacial score (nSPS) is 10.1. The summed E-state index contributed by atoms with van der Waals surface area (Å²) in [6.07, 6.45) is 3.18. The van der Waals surface area contributed by atoms with Crippen molar-refractivity contribution in [1.82, 2.24) is 4.98 Å². The molecule has 0 fully saturated rings. The first-order valence-corrected chi connectivity index (χ1v) is 6.11. The minimum absolute atomic E-state index is 0.117. The zero-order chi connectivity index (χ0) is 13.1. The lowest BCUT2D eigenvalue weighted by molar-refractivity contribution is 0.0992. The van der Waals surface area contributed by atoms with Gasteiger partial charge in [-0.25, -0.2) is 0 Å². The summed E-state index contributed by atoms with van der Waals surface area (Å²) in [7, 11) is 1.72. The van der Waals surface area contributed by atoms with Crippen LogP contribution < -0.4 is 10.6 Å². The topological polar surface area (TPSA) is 59.2 Å². The maximum absolute atomic E-state index is 12.2. The zero-order valence-electron chi connectivity index (χ0n) is 9.80. The highest BCUT2D eigenvalue weighted by atomic mass is 79.9. The number of nitrogen functional groups attached to an aromatic ring is 1. The number of amides is 1. The summed E-state index contributed by atoms with van der Waals surface area (Å²) < 4.78 is 0.777. The molecule has 0 spiro atoms. The lowest BCUT2D eigenvalue weighted by atomic mass is 10.2. The van der Waals surface area contributed by atoms with Crippen molar-refractivity contribution in [2.45, 2.75) is 0 Å². The maximum Gasteiger partial charge on any atom is 0.259 e. The van der Waals surface area contributed by atoms with E-state index in [1.807, 2.05) is 0 Å². The number of carbonyl (C=O) groups is 1. The van der Waals surface area contributed by atoms with E-state index >= 15 is 0 Å². The molecule has 0 radical (unpaired) electrons. The van der Waals surface area contributed by atoms with Gasteiger partial charge in [-0.05, 0) is 46.3 Å².